The Kier molecular flexibility index (Phi) is 6.25. The third-order valence-electron chi connectivity index (χ3n) is 8.07. The van der Waals surface area contributed by atoms with Crippen LogP contribution in [-0.2, 0) is 11.8 Å². The number of likely N-dealkylation sites (tertiary alicyclic amines) is 1. The lowest BCUT2D eigenvalue weighted by Crippen LogP contribution is -2.43. The molecule has 0 radical (unpaired) electrons. The van der Waals surface area contributed by atoms with E-state index in [2.05, 4.69) is 39.4 Å². The first-order valence-corrected chi connectivity index (χ1v) is 13.7. The van der Waals surface area contributed by atoms with Crippen molar-refractivity contribution in [2.24, 2.45) is 12.5 Å². The number of carbonyl (C=O) groups is 1. The fraction of sp³-hybridized carbons (Fsp3) is 0.433. The third-order valence-corrected chi connectivity index (χ3v) is 8.07. The molecule has 40 heavy (non-hydrogen) atoms. The molecule has 206 valence electrons. The zero-order valence-corrected chi connectivity index (χ0v) is 23.5. The molecule has 2 fully saturated rings. The molecule has 2 saturated heterocycles. The summed E-state index contributed by atoms with van der Waals surface area (Å²) in [5, 5.41) is 18.5. The van der Waals surface area contributed by atoms with Crippen molar-refractivity contribution in [3.05, 3.63) is 54.7 Å². The zero-order chi connectivity index (χ0) is 28.1. The Morgan fingerprint density at radius 2 is 1.77 bits per heavy atom. The maximum atomic E-state index is 12.6. The van der Waals surface area contributed by atoms with Crippen molar-refractivity contribution in [2.75, 3.05) is 31.1 Å². The van der Waals surface area contributed by atoms with Crippen molar-refractivity contribution >= 4 is 17.4 Å². The Balaban J connectivity index is 1.20. The molecule has 1 spiro atoms. The minimum absolute atomic E-state index is 0.154. The van der Waals surface area contributed by atoms with Gasteiger partial charge in [0.1, 0.15) is 17.5 Å². The van der Waals surface area contributed by atoms with Gasteiger partial charge >= 0.3 is 6.09 Å². The molecular formula is C30H34N8O2. The largest absolute Gasteiger partial charge is 0.444 e. The Bertz CT molecular complexity index is 1600. The molecule has 0 unspecified atom stereocenters. The standard InChI is InChI=1S/C30H34N8O2/c1-29(2,3)40-28(39)37-12-9-30(20-37)7-10-36(11-8-30)26-6-5-21(15-32-26)25-13-22(24-17-33-35(4)18-24)19-38-27(25)23(14-31)16-34-38/h5-6,13,15-19H,7-12,20H2,1-4H3. The van der Waals surface area contributed by atoms with Gasteiger partial charge in [0.15, 0.2) is 0 Å². The summed E-state index contributed by atoms with van der Waals surface area (Å²) >= 11 is 0. The van der Waals surface area contributed by atoms with Gasteiger partial charge in [-0.05, 0) is 63.6 Å². The Morgan fingerprint density at radius 3 is 2.42 bits per heavy atom. The summed E-state index contributed by atoms with van der Waals surface area (Å²) in [5.41, 5.74) is 4.73. The first-order chi connectivity index (χ1) is 19.1. The van der Waals surface area contributed by atoms with E-state index in [1.807, 2.05) is 57.5 Å². The normalized spacial score (nSPS) is 17.0. The number of nitriles is 1. The Morgan fingerprint density at radius 1 is 1.00 bits per heavy atom. The highest BCUT2D eigenvalue weighted by Crippen LogP contribution is 2.42. The number of nitrogens with zero attached hydrogens (tertiary/aromatic N) is 8. The number of hydrogen-bond acceptors (Lipinski definition) is 7. The van der Waals surface area contributed by atoms with E-state index < -0.39 is 5.60 Å². The molecule has 0 N–H and O–H groups in total. The molecule has 4 aromatic rings. The minimum Gasteiger partial charge on any atom is -0.444 e. The van der Waals surface area contributed by atoms with Crippen molar-refractivity contribution < 1.29 is 9.53 Å². The van der Waals surface area contributed by atoms with E-state index in [1.54, 1.807) is 15.4 Å². The third kappa shape index (κ3) is 4.88. The van der Waals surface area contributed by atoms with Crippen LogP contribution in [0.2, 0.25) is 0 Å². The van der Waals surface area contributed by atoms with Crippen molar-refractivity contribution in [3.8, 4) is 28.3 Å². The van der Waals surface area contributed by atoms with E-state index in [1.165, 1.54) is 0 Å². The van der Waals surface area contributed by atoms with E-state index in [9.17, 15) is 10.1 Å². The first-order valence-electron chi connectivity index (χ1n) is 13.7. The number of pyridine rings is 2. The highest BCUT2D eigenvalue weighted by Gasteiger charge is 2.43. The number of amides is 1. The molecule has 6 rings (SSSR count). The molecule has 1 amide bonds. The van der Waals surface area contributed by atoms with E-state index >= 15 is 0 Å². The van der Waals surface area contributed by atoms with E-state index in [0.29, 0.717) is 5.56 Å². The fourth-order valence-electron chi connectivity index (χ4n) is 5.92. The highest BCUT2D eigenvalue weighted by atomic mass is 16.6. The van der Waals surface area contributed by atoms with Gasteiger partial charge in [0.05, 0.1) is 23.5 Å². The van der Waals surface area contributed by atoms with Crippen LogP contribution in [0, 0.1) is 16.7 Å². The lowest BCUT2D eigenvalue weighted by atomic mass is 9.78. The van der Waals surface area contributed by atoms with E-state index in [-0.39, 0.29) is 11.5 Å². The van der Waals surface area contributed by atoms with Gasteiger partial charge in [-0.2, -0.15) is 15.5 Å². The average Bonchev–Trinajstić information content (AvgIpc) is 3.66. The number of rotatable bonds is 3. The van der Waals surface area contributed by atoms with Crippen LogP contribution in [0.3, 0.4) is 0 Å². The summed E-state index contributed by atoms with van der Waals surface area (Å²) < 4.78 is 9.13. The number of anilines is 1. The second-order valence-electron chi connectivity index (χ2n) is 12.1. The minimum atomic E-state index is -0.478. The van der Waals surface area contributed by atoms with Gasteiger partial charge < -0.3 is 14.5 Å². The van der Waals surface area contributed by atoms with Crippen LogP contribution in [0.1, 0.15) is 45.6 Å². The maximum Gasteiger partial charge on any atom is 0.410 e. The first kappa shape index (κ1) is 25.9. The van der Waals surface area contributed by atoms with Gasteiger partial charge in [-0.3, -0.25) is 4.68 Å². The molecule has 0 saturated carbocycles. The molecule has 10 nitrogen and oxygen atoms in total. The smallest absolute Gasteiger partial charge is 0.410 e. The summed E-state index contributed by atoms with van der Waals surface area (Å²) in [4.78, 5) is 21.6. The van der Waals surface area contributed by atoms with Gasteiger partial charge in [0, 0.05) is 74.1 Å². The number of hydrogen-bond donors (Lipinski definition) is 0. The summed E-state index contributed by atoms with van der Waals surface area (Å²) in [6, 6.07) is 8.48. The predicted molar refractivity (Wildman–Crippen MR) is 152 cm³/mol. The number of carbonyl (C=O) groups excluding carboxylic acids is 1. The quantitative estimate of drug-likeness (QED) is 0.366. The molecule has 0 aromatic carbocycles. The molecule has 2 aliphatic rings. The van der Waals surface area contributed by atoms with Crippen LogP contribution in [-0.4, -0.2) is 67.2 Å². The summed E-state index contributed by atoms with van der Waals surface area (Å²) in [6.45, 7) is 9.04. The van der Waals surface area contributed by atoms with E-state index in [4.69, 9.17) is 9.72 Å². The van der Waals surface area contributed by atoms with Gasteiger partial charge in [-0.1, -0.05) is 0 Å². The van der Waals surface area contributed by atoms with Crippen molar-refractivity contribution in [1.29, 1.82) is 5.26 Å². The molecule has 6 heterocycles. The van der Waals surface area contributed by atoms with Crippen LogP contribution >= 0.6 is 0 Å². The molecule has 4 aromatic heterocycles. The second-order valence-corrected chi connectivity index (χ2v) is 12.1. The lowest BCUT2D eigenvalue weighted by molar-refractivity contribution is 0.0266. The van der Waals surface area contributed by atoms with Crippen LogP contribution < -0.4 is 4.90 Å². The van der Waals surface area contributed by atoms with Crippen molar-refractivity contribution in [1.82, 2.24) is 29.3 Å². The summed E-state index contributed by atoms with van der Waals surface area (Å²) in [7, 11) is 1.89. The van der Waals surface area contributed by atoms with Gasteiger partial charge in [0.25, 0.3) is 0 Å². The van der Waals surface area contributed by atoms with Gasteiger partial charge in [-0.15, -0.1) is 0 Å². The summed E-state index contributed by atoms with van der Waals surface area (Å²) in [5.74, 6) is 0.939. The predicted octanol–water partition coefficient (Wildman–Crippen LogP) is 4.90. The molecular weight excluding hydrogens is 504 g/mol. The second kappa shape index (κ2) is 9.66. The van der Waals surface area contributed by atoms with Crippen molar-refractivity contribution in [3.63, 3.8) is 0 Å². The molecule has 0 atom stereocenters. The van der Waals surface area contributed by atoms with Crippen LogP contribution in [0.25, 0.3) is 27.8 Å². The van der Waals surface area contributed by atoms with Gasteiger partial charge in [0.2, 0.25) is 0 Å². The number of piperidine rings is 1. The SMILES string of the molecule is Cn1cc(-c2cc(-c3ccc(N4CCC5(CCN(C(=O)OC(C)(C)C)C5)CC4)nc3)c3c(C#N)cnn3c2)cn1. The monoisotopic (exact) mass is 538 g/mol. The average molecular weight is 539 g/mol. The topological polar surface area (TPSA) is 105 Å². The zero-order valence-electron chi connectivity index (χ0n) is 23.5. The maximum absolute atomic E-state index is 12.6. The fourth-order valence-corrected chi connectivity index (χ4v) is 5.92. The highest BCUT2D eigenvalue weighted by molar-refractivity contribution is 5.87. The Labute approximate surface area is 233 Å². The molecule has 2 aliphatic heterocycles. The van der Waals surface area contributed by atoms with Crippen LogP contribution in [0.15, 0.2) is 49.2 Å². The van der Waals surface area contributed by atoms with Crippen molar-refractivity contribution in [2.45, 2.75) is 45.6 Å². The van der Waals surface area contributed by atoms with Crippen LogP contribution in [0.4, 0.5) is 10.6 Å². The molecule has 10 heteroatoms. The van der Waals surface area contributed by atoms with Crippen LogP contribution in [0.5, 0.6) is 0 Å². The Hall–Kier alpha value is -4.39. The number of ether oxygens (including phenoxy) is 1. The molecule has 0 aliphatic carbocycles. The number of aromatic nitrogens is 5. The van der Waals surface area contributed by atoms with Gasteiger partial charge in [-0.25, -0.2) is 14.3 Å². The summed E-state index contributed by atoms with van der Waals surface area (Å²) in [6.07, 6.45) is 12.0. The number of fused-ring (bicyclic) bond motifs is 1. The van der Waals surface area contributed by atoms with E-state index in [0.717, 1.165) is 79.0 Å². The lowest BCUT2D eigenvalue weighted by Gasteiger charge is -2.39. The molecule has 0 bridgehead atoms. The number of aryl methyl sites for hydroxylation is 1.